The Kier molecular flexibility index (Phi) is 3.59. The number of fused-ring (bicyclic) bond motifs is 1. The van der Waals surface area contributed by atoms with Crippen LogP contribution in [0, 0.1) is 0 Å². The van der Waals surface area contributed by atoms with Crippen LogP contribution in [0.2, 0.25) is 0 Å². The van der Waals surface area contributed by atoms with Crippen LogP contribution in [0.25, 0.3) is 10.9 Å². The van der Waals surface area contributed by atoms with Crippen LogP contribution in [0.5, 0.6) is 0 Å². The standard InChI is InChI=1S/C15H18N4O3/c16-11(13(20)19-15(14(17)21)7-22-8-15)5-9-6-18-12-4-2-1-3-10(9)12/h1-4,6,11,18H,5,7-8,16H2,(H2,17,21)(H,19,20)/t11-/m1/s1. The van der Waals surface area contributed by atoms with E-state index >= 15 is 0 Å². The summed E-state index contributed by atoms with van der Waals surface area (Å²) in [7, 11) is 0. The first kappa shape index (κ1) is 14.6. The molecule has 0 unspecified atom stereocenters. The minimum Gasteiger partial charge on any atom is -0.375 e. The molecule has 7 heteroatoms. The van der Waals surface area contributed by atoms with Gasteiger partial charge in [-0.1, -0.05) is 18.2 Å². The van der Waals surface area contributed by atoms with Gasteiger partial charge >= 0.3 is 0 Å². The van der Waals surface area contributed by atoms with Gasteiger partial charge in [0.2, 0.25) is 11.8 Å². The Labute approximate surface area is 127 Å². The number of amides is 2. The fraction of sp³-hybridized carbons (Fsp3) is 0.333. The Morgan fingerprint density at radius 1 is 1.36 bits per heavy atom. The lowest BCUT2D eigenvalue weighted by molar-refractivity contribution is -0.151. The lowest BCUT2D eigenvalue weighted by atomic mass is 9.95. The molecule has 22 heavy (non-hydrogen) atoms. The molecule has 1 aromatic heterocycles. The van der Waals surface area contributed by atoms with E-state index in [-0.39, 0.29) is 13.2 Å². The highest BCUT2D eigenvalue weighted by Crippen LogP contribution is 2.20. The summed E-state index contributed by atoms with van der Waals surface area (Å²) in [5.74, 6) is -1.02. The lowest BCUT2D eigenvalue weighted by Gasteiger charge is -2.39. The van der Waals surface area contributed by atoms with E-state index in [1.807, 2.05) is 30.5 Å². The third-order valence-electron chi connectivity index (χ3n) is 3.98. The molecular formula is C15H18N4O3. The van der Waals surface area contributed by atoms with Crippen LogP contribution in [0.15, 0.2) is 30.5 Å². The summed E-state index contributed by atoms with van der Waals surface area (Å²) in [5, 5.41) is 3.65. The van der Waals surface area contributed by atoms with Gasteiger partial charge in [0.05, 0.1) is 19.3 Å². The summed E-state index contributed by atoms with van der Waals surface area (Å²) < 4.78 is 4.98. The number of nitrogens with one attached hydrogen (secondary N) is 2. The summed E-state index contributed by atoms with van der Waals surface area (Å²) in [5.41, 5.74) is 12.1. The van der Waals surface area contributed by atoms with Gasteiger partial charge in [-0.05, 0) is 18.1 Å². The van der Waals surface area contributed by atoms with Crippen molar-refractivity contribution >= 4 is 22.7 Å². The van der Waals surface area contributed by atoms with Gasteiger partial charge in [0.15, 0.2) is 5.54 Å². The van der Waals surface area contributed by atoms with Gasteiger partial charge in [0, 0.05) is 17.1 Å². The largest absolute Gasteiger partial charge is 0.375 e. The summed E-state index contributed by atoms with van der Waals surface area (Å²) in [6, 6.07) is 7.02. The number of hydrogen-bond acceptors (Lipinski definition) is 4. The third kappa shape index (κ3) is 2.44. The van der Waals surface area contributed by atoms with E-state index in [4.69, 9.17) is 16.2 Å². The zero-order valence-corrected chi connectivity index (χ0v) is 12.0. The van der Waals surface area contributed by atoms with Crippen molar-refractivity contribution in [3.63, 3.8) is 0 Å². The second-order valence-corrected chi connectivity index (χ2v) is 5.60. The van der Waals surface area contributed by atoms with Gasteiger partial charge < -0.3 is 26.5 Å². The number of ether oxygens (including phenoxy) is 1. The second kappa shape index (κ2) is 5.43. The number of primary amides is 1. The van der Waals surface area contributed by atoms with Gasteiger partial charge in [-0.3, -0.25) is 9.59 Å². The fourth-order valence-electron chi connectivity index (χ4n) is 2.54. The first-order valence-electron chi connectivity index (χ1n) is 7.02. The lowest BCUT2D eigenvalue weighted by Crippen LogP contribution is -2.70. The Balaban J connectivity index is 1.70. The number of para-hydroxylation sites is 1. The molecule has 1 fully saturated rings. The first-order valence-corrected chi connectivity index (χ1v) is 7.02. The number of nitrogens with two attached hydrogens (primary N) is 2. The van der Waals surface area contributed by atoms with Crippen LogP contribution in [0.3, 0.4) is 0 Å². The van der Waals surface area contributed by atoms with Crippen LogP contribution < -0.4 is 16.8 Å². The minimum atomic E-state index is -1.12. The third-order valence-corrected chi connectivity index (χ3v) is 3.98. The molecule has 3 rings (SSSR count). The smallest absolute Gasteiger partial charge is 0.248 e. The highest BCUT2D eigenvalue weighted by atomic mass is 16.5. The number of hydrogen-bond donors (Lipinski definition) is 4. The molecule has 1 saturated heterocycles. The fourth-order valence-corrected chi connectivity index (χ4v) is 2.54. The molecular weight excluding hydrogens is 284 g/mol. The van der Waals surface area contributed by atoms with Gasteiger partial charge in [-0.2, -0.15) is 0 Å². The predicted octanol–water partition coefficient (Wildman–Crippen LogP) is -0.592. The first-order chi connectivity index (χ1) is 10.5. The quantitative estimate of drug-likeness (QED) is 0.589. The van der Waals surface area contributed by atoms with Crippen molar-refractivity contribution < 1.29 is 14.3 Å². The topological polar surface area (TPSA) is 123 Å². The second-order valence-electron chi connectivity index (χ2n) is 5.60. The van der Waals surface area contributed by atoms with E-state index < -0.39 is 23.4 Å². The van der Waals surface area contributed by atoms with Gasteiger partial charge in [-0.15, -0.1) is 0 Å². The van der Waals surface area contributed by atoms with Crippen LogP contribution in [0.1, 0.15) is 5.56 Å². The van der Waals surface area contributed by atoms with E-state index in [0.29, 0.717) is 6.42 Å². The van der Waals surface area contributed by atoms with Crippen molar-refractivity contribution in [2.24, 2.45) is 11.5 Å². The number of aromatic nitrogens is 1. The van der Waals surface area contributed by atoms with E-state index in [9.17, 15) is 9.59 Å². The van der Waals surface area contributed by atoms with Crippen LogP contribution >= 0.6 is 0 Å². The van der Waals surface area contributed by atoms with Gasteiger partial charge in [-0.25, -0.2) is 0 Å². The maximum atomic E-state index is 12.2. The van der Waals surface area contributed by atoms with E-state index in [0.717, 1.165) is 16.5 Å². The number of aromatic amines is 1. The van der Waals surface area contributed by atoms with E-state index in [1.54, 1.807) is 0 Å². The molecule has 2 amide bonds. The Morgan fingerprint density at radius 3 is 2.73 bits per heavy atom. The maximum absolute atomic E-state index is 12.2. The SMILES string of the molecule is NC(=O)C1(NC(=O)[C@H](N)Cc2c[nH]c3ccccc23)COC1. The molecule has 1 aromatic carbocycles. The summed E-state index contributed by atoms with van der Waals surface area (Å²) in [6.45, 7) is 0.182. The zero-order chi connectivity index (χ0) is 15.7. The van der Waals surface area contributed by atoms with Crippen molar-refractivity contribution in [3.8, 4) is 0 Å². The molecule has 1 aliphatic rings. The molecule has 0 aliphatic carbocycles. The molecule has 1 atom stereocenters. The number of carbonyl (C=O) groups is 2. The molecule has 0 bridgehead atoms. The Hall–Kier alpha value is -2.38. The summed E-state index contributed by atoms with van der Waals surface area (Å²) >= 11 is 0. The van der Waals surface area contributed by atoms with Crippen molar-refractivity contribution in [2.45, 2.75) is 18.0 Å². The average molecular weight is 302 g/mol. The minimum absolute atomic E-state index is 0.0911. The normalized spacial score (nSPS) is 17.7. The zero-order valence-electron chi connectivity index (χ0n) is 12.0. The van der Waals surface area contributed by atoms with Crippen molar-refractivity contribution in [1.29, 1.82) is 0 Å². The molecule has 0 radical (unpaired) electrons. The number of benzene rings is 1. The Bertz CT molecular complexity index is 720. The highest BCUT2D eigenvalue weighted by Gasteiger charge is 2.46. The molecule has 2 aromatic rings. The van der Waals surface area contributed by atoms with Crippen LogP contribution in [0.4, 0.5) is 0 Å². The van der Waals surface area contributed by atoms with Crippen molar-refractivity contribution in [3.05, 3.63) is 36.0 Å². The van der Waals surface area contributed by atoms with Gasteiger partial charge in [0.1, 0.15) is 0 Å². The molecule has 2 heterocycles. The van der Waals surface area contributed by atoms with Crippen molar-refractivity contribution in [2.75, 3.05) is 13.2 Å². The predicted molar refractivity (Wildman–Crippen MR) is 80.9 cm³/mol. The summed E-state index contributed by atoms with van der Waals surface area (Å²) in [4.78, 5) is 26.8. The van der Waals surface area contributed by atoms with E-state index in [2.05, 4.69) is 10.3 Å². The monoisotopic (exact) mass is 302 g/mol. The molecule has 116 valence electrons. The van der Waals surface area contributed by atoms with E-state index in [1.165, 1.54) is 0 Å². The number of carbonyl (C=O) groups excluding carboxylic acids is 2. The van der Waals surface area contributed by atoms with Crippen LogP contribution in [-0.4, -0.2) is 41.6 Å². The molecule has 0 spiro atoms. The van der Waals surface area contributed by atoms with Crippen LogP contribution in [-0.2, 0) is 20.7 Å². The molecule has 1 aliphatic heterocycles. The average Bonchev–Trinajstić information content (AvgIpc) is 2.85. The van der Waals surface area contributed by atoms with Crippen molar-refractivity contribution in [1.82, 2.24) is 10.3 Å². The highest BCUT2D eigenvalue weighted by molar-refractivity contribution is 5.93. The molecule has 7 nitrogen and oxygen atoms in total. The maximum Gasteiger partial charge on any atom is 0.248 e. The number of rotatable bonds is 5. The van der Waals surface area contributed by atoms with Gasteiger partial charge in [0.25, 0.3) is 0 Å². The summed E-state index contributed by atoms with van der Waals surface area (Å²) in [6.07, 6.45) is 2.21. The number of H-pyrrole nitrogens is 1. The Morgan fingerprint density at radius 2 is 2.09 bits per heavy atom. The molecule has 0 saturated carbocycles. The molecule has 6 N–H and O–H groups in total.